The maximum absolute atomic E-state index is 4.79. The smallest absolute Gasteiger partial charge is 0.0149 e. The van der Waals surface area contributed by atoms with Gasteiger partial charge in [0.05, 0.1) is 0 Å². The number of hydrogen-bond donors (Lipinski definition) is 0. The van der Waals surface area contributed by atoms with Crippen molar-refractivity contribution in [3.05, 3.63) is 0 Å². The molecule has 0 aromatic carbocycles. The predicted molar refractivity (Wildman–Crippen MR) is 22.8 cm³/mol. The summed E-state index contributed by atoms with van der Waals surface area (Å²) in [6.45, 7) is 0. The summed E-state index contributed by atoms with van der Waals surface area (Å²) in [6, 6.07) is 0. The van der Waals surface area contributed by atoms with E-state index < -0.39 is 16.8 Å². The second-order valence-electron chi connectivity index (χ2n) is 0.136. The van der Waals surface area contributed by atoms with Crippen LogP contribution in [-0.2, 0) is 16.8 Å². The molecule has 20 valence electrons. The zero-order valence-electron chi connectivity index (χ0n) is 1.56. The van der Waals surface area contributed by atoms with Crippen molar-refractivity contribution in [1.82, 2.24) is 0 Å². The molecule has 0 spiro atoms. The van der Waals surface area contributed by atoms with Crippen LogP contribution in [0.4, 0.5) is 0 Å². The number of hydrogen-bond acceptors (Lipinski definition) is 0. The Morgan fingerprint density at radius 2 is 1.25 bits per heavy atom. The second kappa shape index (κ2) is 8.97. The van der Waals surface area contributed by atoms with Crippen molar-refractivity contribution in [2.24, 2.45) is 0 Å². The van der Waals surface area contributed by atoms with Crippen LogP contribution in [0.2, 0.25) is 0 Å². The maximum atomic E-state index is 4.79. The van der Waals surface area contributed by atoms with Gasteiger partial charge in [0.1, 0.15) is 0 Å². The Kier molecular flexibility index (Phi) is 20.0. The molecule has 0 aliphatic rings. The van der Waals surface area contributed by atoms with Crippen LogP contribution in [-0.4, -0.2) is 21.9 Å². The largest absolute Gasteiger partial charge is 0.0149 e. The van der Waals surface area contributed by atoms with Crippen LogP contribution in [0.25, 0.3) is 0 Å². The van der Waals surface area contributed by atoms with E-state index in [1.807, 2.05) is 0 Å². The summed E-state index contributed by atoms with van der Waals surface area (Å²) in [6.07, 6.45) is 0. The average molecular weight is 238 g/mol. The zero-order valence-corrected chi connectivity index (χ0v) is 4.50. The summed E-state index contributed by atoms with van der Waals surface area (Å²) < 4.78 is 0. The van der Waals surface area contributed by atoms with Crippen LogP contribution < -0.4 is 0 Å². The first-order valence-electron chi connectivity index (χ1n) is 0.471. The van der Waals surface area contributed by atoms with E-state index >= 15 is 0 Å². The third-order valence-electron chi connectivity index (χ3n) is 0. The summed E-state index contributed by atoms with van der Waals surface area (Å²) in [5.74, 6) is 0. The molecule has 0 amide bonds. The molecule has 0 heterocycles. The van der Waals surface area contributed by atoms with E-state index in [0.29, 0.717) is 0 Å². The molecule has 0 saturated heterocycles. The fourth-order valence-electron chi connectivity index (χ4n) is 0. The zero-order chi connectivity index (χ0) is 2.71. The molecule has 0 nitrogen and oxygen atoms in total. The number of rotatable bonds is 0. The van der Waals surface area contributed by atoms with Gasteiger partial charge in [-0.25, -0.2) is 0 Å². The second-order valence-corrected chi connectivity index (χ2v) is 1.11. The monoisotopic (exact) mass is 238 g/mol. The van der Waals surface area contributed by atoms with E-state index in [-0.39, 0.29) is 11.0 Å². The van der Waals surface area contributed by atoms with Crippen LogP contribution in [0.5, 0.6) is 0 Å². The van der Waals surface area contributed by atoms with Crippen molar-refractivity contribution in [2.45, 2.75) is 0 Å². The molecule has 0 fully saturated rings. The maximum Gasteiger partial charge on any atom is -0.0149 e. The molecule has 0 bridgehead atoms. The van der Waals surface area contributed by atoms with Gasteiger partial charge in [0, 0.05) is 0 Å². The van der Waals surface area contributed by atoms with Gasteiger partial charge in [-0.15, -0.1) is 0 Å². The van der Waals surface area contributed by atoms with Crippen molar-refractivity contribution in [3.63, 3.8) is 0 Å². The Hall–Kier alpha value is 1.04. The molecule has 4 heteroatoms. The minimum Gasteiger partial charge on any atom is -0.0149 e. The van der Waals surface area contributed by atoms with Crippen molar-refractivity contribution in [3.8, 4) is 0 Å². The Bertz CT molecular complexity index is 79.2. The van der Waals surface area contributed by atoms with Crippen molar-refractivity contribution >= 4 is 21.9 Å². The molecule has 0 aromatic heterocycles. The predicted octanol–water partition coefficient (Wildman–Crippen LogP) is -2.22. The molecule has 0 atom stereocenters. The Morgan fingerprint density at radius 3 is 1.25 bits per heavy atom. The van der Waals surface area contributed by atoms with Crippen molar-refractivity contribution in [1.29, 1.82) is 0 Å². The van der Waals surface area contributed by atoms with E-state index in [1.54, 1.807) is 0 Å². The summed E-state index contributed by atoms with van der Waals surface area (Å²) >= 11 is -0.750. The molecule has 0 aliphatic heterocycles. The molecule has 0 saturated carbocycles. The van der Waals surface area contributed by atoms with Crippen LogP contribution in [0.1, 0.15) is 0 Å². The quantitative estimate of drug-likeness (QED) is 0.419. The van der Waals surface area contributed by atoms with Gasteiger partial charge in [0.25, 0.3) is 0 Å². The Morgan fingerprint density at radius 1 is 1.25 bits per heavy atom. The summed E-state index contributed by atoms with van der Waals surface area (Å²) in [4.78, 5) is 0. The van der Waals surface area contributed by atoms with Gasteiger partial charge in [-0.1, -0.05) is 0 Å². The molecule has 0 rings (SSSR count). The van der Waals surface area contributed by atoms with Gasteiger partial charge in [0.2, 0.25) is 0 Å². The third kappa shape index (κ3) is 11.7. The normalized spacial score (nSPS) is 3.00. The summed E-state index contributed by atoms with van der Waals surface area (Å²) in [5.41, 5.74) is 9.58. The molecular weight excluding hydrogens is 234 g/mol. The first-order valence-corrected chi connectivity index (χ1v) is 3.86. The van der Waals surface area contributed by atoms with Crippen LogP contribution in [0, 0.1) is 0 Å². The van der Waals surface area contributed by atoms with E-state index in [4.69, 9.17) is 10.9 Å². The van der Waals surface area contributed by atoms with Gasteiger partial charge < -0.3 is 0 Å². The fraction of sp³-hybridized carbons (Fsp3) is 0. The molecule has 0 aliphatic carbocycles. The molecule has 0 aromatic rings. The van der Waals surface area contributed by atoms with Gasteiger partial charge in [-0.05, 0) is 11.0 Å². The van der Waals surface area contributed by atoms with E-state index in [0.717, 1.165) is 0 Å². The summed E-state index contributed by atoms with van der Waals surface area (Å²) in [5, 5.41) is 0. The average Bonchev–Trinajstić information content (AvgIpc) is 0.918. The summed E-state index contributed by atoms with van der Waals surface area (Å²) in [7, 11) is 0. The van der Waals surface area contributed by atoms with E-state index in [9.17, 15) is 0 Å². The van der Waals surface area contributed by atoms with E-state index in [1.165, 1.54) is 0 Å². The third-order valence-corrected chi connectivity index (χ3v) is 0. The Labute approximate surface area is 39.0 Å². The topological polar surface area (TPSA) is 0 Å². The van der Waals surface area contributed by atoms with Gasteiger partial charge in [0.15, 0.2) is 0 Å². The van der Waals surface area contributed by atoms with Crippen LogP contribution >= 0.6 is 0 Å². The van der Waals surface area contributed by atoms with Crippen molar-refractivity contribution in [2.75, 3.05) is 0 Å². The SMILES string of the molecule is [B]#[W]#[B].[SiH4]. The fourth-order valence-corrected chi connectivity index (χ4v) is 0. The first kappa shape index (κ1) is 8.90. The molecular formula is H4B2SiW. The molecule has 4 heavy (non-hydrogen) atoms. The molecule has 0 radical (unpaired) electrons. The van der Waals surface area contributed by atoms with Crippen LogP contribution in [0.3, 0.4) is 0 Å². The van der Waals surface area contributed by atoms with Crippen molar-refractivity contribution < 1.29 is 16.8 Å². The van der Waals surface area contributed by atoms with Gasteiger partial charge in [-0.2, -0.15) is 0 Å². The minimum absolute atomic E-state index is 0. The first-order chi connectivity index (χ1) is 1.41. The standard InChI is InChI=1S/2B.H4Si.W/h;;1H4;. The molecule has 0 unspecified atom stereocenters. The Balaban J connectivity index is 0. The van der Waals surface area contributed by atoms with Gasteiger partial charge in [-0.3, -0.25) is 0 Å². The van der Waals surface area contributed by atoms with E-state index in [2.05, 4.69) is 0 Å². The van der Waals surface area contributed by atoms with Crippen LogP contribution in [0.15, 0.2) is 0 Å². The molecule has 0 N–H and O–H groups in total. The minimum atomic E-state index is -0.750. The van der Waals surface area contributed by atoms with Gasteiger partial charge >= 0.3 is 27.7 Å².